The summed E-state index contributed by atoms with van der Waals surface area (Å²) in [7, 11) is 0. The lowest BCUT2D eigenvalue weighted by Crippen LogP contribution is -2.49. The predicted octanol–water partition coefficient (Wildman–Crippen LogP) is 5.28. The molecule has 2 aromatic heterocycles. The maximum Gasteiger partial charge on any atom is 0.416 e. The van der Waals surface area contributed by atoms with Crippen LogP contribution in [-0.4, -0.2) is 45.1 Å². The van der Waals surface area contributed by atoms with Crippen LogP contribution in [0.4, 0.5) is 18.0 Å². The van der Waals surface area contributed by atoms with Gasteiger partial charge in [0.2, 0.25) is 17.6 Å². The summed E-state index contributed by atoms with van der Waals surface area (Å²) in [5.74, 6) is -1.52. The smallest absolute Gasteiger partial charge is 0.416 e. The summed E-state index contributed by atoms with van der Waals surface area (Å²) in [6.45, 7) is 7.49. The van der Waals surface area contributed by atoms with Crippen molar-refractivity contribution in [3.05, 3.63) is 65.8 Å². The molecule has 0 aliphatic carbocycles. The molecular formula is C29H34F3N5O5. The number of rotatable bonds is 12. The fraction of sp³-hybridized carbons (Fsp3) is 0.448. The minimum absolute atomic E-state index is 0.00370. The van der Waals surface area contributed by atoms with E-state index < -0.39 is 47.1 Å². The van der Waals surface area contributed by atoms with Gasteiger partial charge in [-0.2, -0.15) is 13.2 Å². The molecule has 10 nitrogen and oxygen atoms in total. The van der Waals surface area contributed by atoms with E-state index in [1.807, 2.05) is 27.7 Å². The number of ether oxygens (including phenoxy) is 1. The minimum Gasteiger partial charge on any atom is -0.445 e. The molecule has 0 fully saturated rings. The van der Waals surface area contributed by atoms with Gasteiger partial charge in [-0.25, -0.2) is 4.79 Å². The van der Waals surface area contributed by atoms with E-state index >= 15 is 0 Å². The second-order valence-electron chi connectivity index (χ2n) is 10.8. The Labute approximate surface area is 241 Å². The van der Waals surface area contributed by atoms with Crippen molar-refractivity contribution in [1.29, 1.82) is 0 Å². The molecule has 0 unspecified atom stereocenters. The number of pyridine rings is 1. The van der Waals surface area contributed by atoms with Gasteiger partial charge >= 0.3 is 12.3 Å². The van der Waals surface area contributed by atoms with E-state index in [9.17, 15) is 27.6 Å². The molecule has 42 heavy (non-hydrogen) atoms. The zero-order valence-corrected chi connectivity index (χ0v) is 23.8. The molecule has 0 spiro atoms. The fourth-order valence-electron chi connectivity index (χ4n) is 3.85. The van der Waals surface area contributed by atoms with Crippen molar-refractivity contribution >= 4 is 17.8 Å². The Balaban J connectivity index is 1.65. The Hall–Kier alpha value is -4.29. The molecule has 0 saturated carbocycles. The highest BCUT2D eigenvalue weighted by molar-refractivity contribution is 6.38. The number of hydrogen-bond donors (Lipinski definition) is 2. The second kappa shape index (κ2) is 14.1. The van der Waals surface area contributed by atoms with E-state index in [0.29, 0.717) is 17.5 Å². The lowest BCUT2D eigenvalue weighted by molar-refractivity contribution is -0.139. The van der Waals surface area contributed by atoms with E-state index in [1.165, 1.54) is 12.1 Å². The number of amides is 2. The van der Waals surface area contributed by atoms with Gasteiger partial charge < -0.3 is 19.8 Å². The van der Waals surface area contributed by atoms with E-state index in [1.54, 1.807) is 24.5 Å². The number of halogens is 3. The molecule has 0 bridgehead atoms. The highest BCUT2D eigenvalue weighted by atomic mass is 19.4. The molecule has 3 aromatic rings. The Morgan fingerprint density at radius 3 is 2.36 bits per heavy atom. The number of nitrogens with zero attached hydrogens (tertiary/aromatic N) is 3. The molecule has 2 amide bonds. The summed E-state index contributed by atoms with van der Waals surface area (Å²) < 4.78 is 49.9. The number of carbonyl (C=O) groups excluding carboxylic acids is 3. The number of alkyl halides is 3. The van der Waals surface area contributed by atoms with Crippen molar-refractivity contribution in [2.75, 3.05) is 0 Å². The Morgan fingerprint density at radius 1 is 1.05 bits per heavy atom. The quantitative estimate of drug-likeness (QED) is 0.273. The topological polar surface area (TPSA) is 136 Å². The van der Waals surface area contributed by atoms with Crippen LogP contribution in [0.2, 0.25) is 0 Å². The standard InChI is InChI=1S/C29H34F3N5O5/c1-5-6-9-21(24(38)25(39)34-17-18-8-7-14-33-16-18)35-27(40)41-22(28(2,3)4)15-23-36-37-26(42-23)19-10-12-20(13-11-19)29(30,31)32/h7-8,10-14,16,21-22H,5-6,9,15,17H2,1-4H3,(H,34,39)(H,35,40)/t21-,22+/m0/s1. The summed E-state index contributed by atoms with van der Waals surface area (Å²) in [5, 5.41) is 12.9. The summed E-state index contributed by atoms with van der Waals surface area (Å²) in [6.07, 6.45) is -1.43. The van der Waals surface area contributed by atoms with Crippen LogP contribution in [-0.2, 0) is 33.5 Å². The number of benzene rings is 1. The number of Topliss-reactive ketones (excluding diaryl/α,β-unsaturated/α-hetero) is 1. The monoisotopic (exact) mass is 589 g/mol. The first-order chi connectivity index (χ1) is 19.8. The third kappa shape index (κ3) is 9.38. The van der Waals surface area contributed by atoms with Crippen molar-refractivity contribution in [3.63, 3.8) is 0 Å². The minimum atomic E-state index is -4.47. The van der Waals surface area contributed by atoms with Crippen molar-refractivity contribution in [3.8, 4) is 11.5 Å². The lowest BCUT2D eigenvalue weighted by atomic mass is 9.87. The van der Waals surface area contributed by atoms with Crippen molar-refractivity contribution in [2.24, 2.45) is 5.41 Å². The predicted molar refractivity (Wildman–Crippen MR) is 146 cm³/mol. The highest BCUT2D eigenvalue weighted by Gasteiger charge is 2.34. The summed E-state index contributed by atoms with van der Waals surface area (Å²) in [6, 6.07) is 6.66. The maximum absolute atomic E-state index is 12.9. The van der Waals surface area contributed by atoms with Crippen molar-refractivity contribution < 1.29 is 36.7 Å². The zero-order chi connectivity index (χ0) is 30.9. The number of nitrogens with one attached hydrogen (secondary N) is 2. The van der Waals surface area contributed by atoms with Gasteiger partial charge in [0.15, 0.2) is 0 Å². The Kier molecular flexibility index (Phi) is 10.8. The zero-order valence-electron chi connectivity index (χ0n) is 23.8. The van der Waals surface area contributed by atoms with Crippen LogP contribution in [0.5, 0.6) is 0 Å². The van der Waals surface area contributed by atoms with Crippen LogP contribution < -0.4 is 10.6 Å². The summed E-state index contributed by atoms with van der Waals surface area (Å²) in [4.78, 5) is 42.3. The van der Waals surface area contributed by atoms with Gasteiger partial charge in [-0.15, -0.1) is 10.2 Å². The average Bonchev–Trinajstić information content (AvgIpc) is 3.41. The van der Waals surface area contributed by atoms with Gasteiger partial charge in [0.1, 0.15) is 12.1 Å². The van der Waals surface area contributed by atoms with E-state index in [4.69, 9.17) is 9.15 Å². The highest BCUT2D eigenvalue weighted by Crippen LogP contribution is 2.31. The van der Waals surface area contributed by atoms with Crippen LogP contribution in [0.15, 0.2) is 53.2 Å². The first kappa shape index (κ1) is 32.2. The third-order valence-corrected chi connectivity index (χ3v) is 6.36. The molecule has 0 radical (unpaired) electrons. The number of alkyl carbamates (subject to hydrolysis) is 1. The fourth-order valence-corrected chi connectivity index (χ4v) is 3.85. The molecule has 2 N–H and O–H groups in total. The van der Waals surface area contributed by atoms with Gasteiger partial charge in [-0.1, -0.05) is 46.6 Å². The Bertz CT molecular complexity index is 1340. The van der Waals surface area contributed by atoms with Crippen LogP contribution in [0.25, 0.3) is 11.5 Å². The lowest BCUT2D eigenvalue weighted by Gasteiger charge is -2.30. The van der Waals surface area contributed by atoms with Crippen molar-refractivity contribution in [1.82, 2.24) is 25.8 Å². The van der Waals surface area contributed by atoms with Gasteiger partial charge in [-0.05, 0) is 47.7 Å². The summed E-state index contributed by atoms with van der Waals surface area (Å²) >= 11 is 0. The van der Waals surface area contributed by atoms with Gasteiger partial charge in [0, 0.05) is 24.5 Å². The number of carbonyl (C=O) groups is 3. The molecule has 226 valence electrons. The third-order valence-electron chi connectivity index (χ3n) is 6.36. The molecular weight excluding hydrogens is 555 g/mol. The summed E-state index contributed by atoms with van der Waals surface area (Å²) in [5.41, 5.74) is -0.400. The molecule has 3 rings (SSSR count). The van der Waals surface area contributed by atoms with Crippen LogP contribution in [0.3, 0.4) is 0 Å². The average molecular weight is 590 g/mol. The number of ketones is 1. The first-order valence-electron chi connectivity index (χ1n) is 13.5. The first-order valence-corrected chi connectivity index (χ1v) is 13.5. The largest absolute Gasteiger partial charge is 0.445 e. The molecule has 1 aromatic carbocycles. The molecule has 0 aliphatic heterocycles. The van der Waals surface area contributed by atoms with Gasteiger partial charge in [-0.3, -0.25) is 14.6 Å². The van der Waals surface area contributed by atoms with E-state index in [-0.39, 0.29) is 31.2 Å². The van der Waals surface area contributed by atoms with Crippen LogP contribution in [0, 0.1) is 5.41 Å². The van der Waals surface area contributed by atoms with Crippen LogP contribution in [0.1, 0.15) is 64.0 Å². The van der Waals surface area contributed by atoms with Crippen molar-refractivity contribution in [2.45, 2.75) is 78.2 Å². The normalized spacial score (nSPS) is 13.2. The number of unbranched alkanes of at least 4 members (excludes halogenated alkanes) is 1. The van der Waals surface area contributed by atoms with Gasteiger partial charge in [0.05, 0.1) is 12.0 Å². The van der Waals surface area contributed by atoms with Gasteiger partial charge in [0.25, 0.3) is 5.91 Å². The van der Waals surface area contributed by atoms with Crippen LogP contribution >= 0.6 is 0 Å². The molecule has 13 heteroatoms. The molecule has 0 aliphatic rings. The molecule has 0 saturated heterocycles. The number of aromatic nitrogens is 3. The Morgan fingerprint density at radius 2 is 1.76 bits per heavy atom. The van der Waals surface area contributed by atoms with E-state index in [2.05, 4.69) is 25.8 Å². The second-order valence-corrected chi connectivity index (χ2v) is 10.8. The SMILES string of the molecule is CCCC[C@H](NC(=O)O[C@H](Cc1nnc(-c2ccc(C(F)(F)F)cc2)o1)C(C)(C)C)C(=O)C(=O)NCc1cccnc1. The molecule has 2 atom stereocenters. The number of hydrogen-bond acceptors (Lipinski definition) is 8. The molecule has 2 heterocycles. The maximum atomic E-state index is 12.9. The van der Waals surface area contributed by atoms with E-state index in [0.717, 1.165) is 18.6 Å².